The number of fused-ring (bicyclic) bond motifs is 1. The summed E-state index contributed by atoms with van der Waals surface area (Å²) < 4.78 is 44.1. The standard InChI is InChI=1S/C18H16F3NO/c19-18(20,21)13-4-5-15(14(22)9-13)23-16-8-11-7-12-3-1-2-6-17(12,16)10-11/h1-6,8-9,11-12H,7,10,22H2. The molecule has 5 heteroatoms. The zero-order valence-electron chi connectivity index (χ0n) is 12.3. The van der Waals surface area contributed by atoms with Gasteiger partial charge in [0.15, 0.2) is 0 Å². The van der Waals surface area contributed by atoms with Gasteiger partial charge in [-0.1, -0.05) is 24.3 Å². The number of benzene rings is 1. The van der Waals surface area contributed by atoms with Gasteiger partial charge in [0.1, 0.15) is 11.5 Å². The van der Waals surface area contributed by atoms with E-state index in [1.54, 1.807) is 0 Å². The maximum Gasteiger partial charge on any atom is 0.416 e. The number of halogens is 3. The van der Waals surface area contributed by atoms with Gasteiger partial charge in [-0.25, -0.2) is 0 Å². The van der Waals surface area contributed by atoms with Crippen LogP contribution in [0.1, 0.15) is 18.4 Å². The van der Waals surface area contributed by atoms with E-state index < -0.39 is 11.7 Å². The number of nitrogens with two attached hydrogens (primary N) is 1. The molecule has 3 aliphatic rings. The Morgan fingerprint density at radius 3 is 2.78 bits per heavy atom. The Kier molecular flexibility index (Phi) is 2.92. The summed E-state index contributed by atoms with van der Waals surface area (Å²) in [6, 6.07) is 3.24. The Balaban J connectivity index is 1.64. The van der Waals surface area contributed by atoms with E-state index >= 15 is 0 Å². The molecular weight excluding hydrogens is 303 g/mol. The van der Waals surface area contributed by atoms with E-state index in [0.717, 1.165) is 30.7 Å². The van der Waals surface area contributed by atoms with E-state index in [2.05, 4.69) is 18.2 Å². The zero-order valence-corrected chi connectivity index (χ0v) is 12.3. The van der Waals surface area contributed by atoms with E-state index in [4.69, 9.17) is 10.5 Å². The Morgan fingerprint density at radius 2 is 2.04 bits per heavy atom. The summed E-state index contributed by atoms with van der Waals surface area (Å²) in [5.41, 5.74) is 4.86. The van der Waals surface area contributed by atoms with Gasteiger partial charge in [0, 0.05) is 0 Å². The van der Waals surface area contributed by atoms with Gasteiger partial charge < -0.3 is 10.5 Å². The van der Waals surface area contributed by atoms with Crippen molar-refractivity contribution in [2.24, 2.45) is 17.3 Å². The van der Waals surface area contributed by atoms with Crippen LogP contribution in [0.15, 0.2) is 54.3 Å². The first kappa shape index (κ1) is 14.4. The van der Waals surface area contributed by atoms with Crippen molar-refractivity contribution in [2.45, 2.75) is 19.0 Å². The number of rotatable bonds is 2. The van der Waals surface area contributed by atoms with Crippen LogP contribution in [0.5, 0.6) is 5.75 Å². The Hall–Kier alpha value is -2.17. The van der Waals surface area contributed by atoms with Gasteiger partial charge in [-0.15, -0.1) is 0 Å². The highest BCUT2D eigenvalue weighted by Gasteiger charge is 2.53. The molecule has 23 heavy (non-hydrogen) atoms. The first-order chi connectivity index (χ1) is 10.9. The van der Waals surface area contributed by atoms with Crippen LogP contribution in [-0.4, -0.2) is 0 Å². The van der Waals surface area contributed by atoms with E-state index in [9.17, 15) is 13.2 Å². The van der Waals surface area contributed by atoms with Gasteiger partial charge in [-0.05, 0) is 49.0 Å². The second-order valence-corrected chi connectivity index (χ2v) is 6.47. The Bertz CT molecular complexity index is 747. The SMILES string of the molecule is Nc1cc(C(F)(F)F)ccc1OC1=CC2CC3C=CC=CC13C2. The highest BCUT2D eigenvalue weighted by atomic mass is 19.4. The molecule has 4 rings (SSSR count). The zero-order chi connectivity index (χ0) is 16.2. The molecule has 1 fully saturated rings. The van der Waals surface area contributed by atoms with Crippen LogP contribution in [0, 0.1) is 17.3 Å². The Labute approximate surface area is 132 Å². The second-order valence-electron chi connectivity index (χ2n) is 6.47. The fraction of sp³-hybridized carbons (Fsp3) is 0.333. The van der Waals surface area contributed by atoms with Crippen LogP contribution >= 0.6 is 0 Å². The van der Waals surface area contributed by atoms with Gasteiger partial charge in [0.25, 0.3) is 0 Å². The summed E-state index contributed by atoms with van der Waals surface area (Å²) in [5.74, 6) is 1.95. The fourth-order valence-electron chi connectivity index (χ4n) is 4.00. The van der Waals surface area contributed by atoms with Gasteiger partial charge in [-0.3, -0.25) is 0 Å². The minimum absolute atomic E-state index is 0.00628. The number of ether oxygens (including phenoxy) is 1. The van der Waals surface area contributed by atoms with Crippen molar-refractivity contribution in [3.8, 4) is 5.75 Å². The number of hydrogen-bond acceptors (Lipinski definition) is 2. The summed E-state index contributed by atoms with van der Waals surface area (Å²) in [4.78, 5) is 0. The summed E-state index contributed by atoms with van der Waals surface area (Å²) in [6.07, 6.45) is 8.17. The lowest BCUT2D eigenvalue weighted by molar-refractivity contribution is -0.137. The highest BCUT2D eigenvalue weighted by Crippen LogP contribution is 2.60. The predicted molar refractivity (Wildman–Crippen MR) is 81.5 cm³/mol. The van der Waals surface area contributed by atoms with Gasteiger partial charge in [0.2, 0.25) is 0 Å². The summed E-state index contributed by atoms with van der Waals surface area (Å²) in [7, 11) is 0. The van der Waals surface area contributed by atoms with E-state index in [1.165, 1.54) is 6.07 Å². The molecule has 0 aliphatic heterocycles. The molecule has 1 spiro atoms. The van der Waals surface area contributed by atoms with Crippen molar-refractivity contribution in [3.63, 3.8) is 0 Å². The number of alkyl halides is 3. The molecule has 1 saturated carbocycles. The maximum atomic E-state index is 12.7. The predicted octanol–water partition coefficient (Wildman–Crippen LogP) is 4.70. The van der Waals surface area contributed by atoms with Crippen LogP contribution in [0.25, 0.3) is 0 Å². The molecule has 1 aromatic carbocycles. The number of hydrogen-bond donors (Lipinski definition) is 1. The minimum Gasteiger partial charge on any atom is -0.459 e. The lowest BCUT2D eigenvalue weighted by atomic mass is 9.74. The fourth-order valence-corrected chi connectivity index (χ4v) is 4.00. The molecule has 3 unspecified atom stereocenters. The average Bonchev–Trinajstić information content (AvgIpc) is 3.01. The van der Waals surface area contributed by atoms with Crippen LogP contribution in [0.4, 0.5) is 18.9 Å². The highest BCUT2D eigenvalue weighted by molar-refractivity contribution is 5.56. The first-order valence-electron chi connectivity index (χ1n) is 7.61. The van der Waals surface area contributed by atoms with E-state index in [-0.39, 0.29) is 16.9 Å². The van der Waals surface area contributed by atoms with Crippen molar-refractivity contribution >= 4 is 5.69 Å². The quantitative estimate of drug-likeness (QED) is 0.802. The van der Waals surface area contributed by atoms with E-state index in [0.29, 0.717) is 11.8 Å². The largest absolute Gasteiger partial charge is 0.459 e. The molecule has 0 radical (unpaired) electrons. The molecule has 2 nitrogen and oxygen atoms in total. The maximum absolute atomic E-state index is 12.7. The lowest BCUT2D eigenvalue weighted by Gasteiger charge is -2.34. The number of allylic oxidation sites excluding steroid dienone is 5. The third-order valence-electron chi connectivity index (χ3n) is 5.07. The third kappa shape index (κ3) is 2.18. The molecule has 0 aromatic heterocycles. The van der Waals surface area contributed by atoms with Gasteiger partial charge in [-0.2, -0.15) is 13.2 Å². The van der Waals surface area contributed by atoms with Crippen LogP contribution in [-0.2, 0) is 6.18 Å². The summed E-state index contributed by atoms with van der Waals surface area (Å²) >= 11 is 0. The molecule has 0 heterocycles. The van der Waals surface area contributed by atoms with Crippen molar-refractivity contribution in [1.82, 2.24) is 0 Å². The monoisotopic (exact) mass is 319 g/mol. The molecule has 120 valence electrons. The second kappa shape index (κ2) is 4.66. The van der Waals surface area contributed by atoms with Gasteiger partial charge >= 0.3 is 6.18 Å². The molecule has 3 aliphatic carbocycles. The molecule has 2 bridgehead atoms. The van der Waals surface area contributed by atoms with Crippen LogP contribution in [0.2, 0.25) is 0 Å². The summed E-state index contributed by atoms with van der Waals surface area (Å²) in [5, 5.41) is 0. The number of anilines is 1. The van der Waals surface area contributed by atoms with Crippen molar-refractivity contribution in [1.29, 1.82) is 0 Å². The van der Waals surface area contributed by atoms with Crippen molar-refractivity contribution in [3.05, 3.63) is 59.9 Å². The molecule has 1 aromatic rings. The number of nitrogen functional groups attached to an aromatic ring is 1. The normalized spacial score (nSPS) is 31.2. The summed E-state index contributed by atoms with van der Waals surface area (Å²) in [6.45, 7) is 0. The van der Waals surface area contributed by atoms with Crippen molar-refractivity contribution in [2.75, 3.05) is 5.73 Å². The van der Waals surface area contributed by atoms with Crippen LogP contribution in [0.3, 0.4) is 0 Å². The first-order valence-corrected chi connectivity index (χ1v) is 7.61. The molecule has 0 amide bonds. The minimum atomic E-state index is -4.40. The molecule has 3 atom stereocenters. The van der Waals surface area contributed by atoms with Crippen molar-refractivity contribution < 1.29 is 17.9 Å². The van der Waals surface area contributed by atoms with Crippen LogP contribution < -0.4 is 10.5 Å². The van der Waals surface area contributed by atoms with Gasteiger partial charge in [0.05, 0.1) is 16.7 Å². The lowest BCUT2D eigenvalue weighted by Crippen LogP contribution is -2.28. The molecule has 0 saturated heterocycles. The van der Waals surface area contributed by atoms with E-state index in [1.807, 2.05) is 12.2 Å². The topological polar surface area (TPSA) is 35.2 Å². The molecular formula is C18H16F3NO. The third-order valence-corrected chi connectivity index (χ3v) is 5.07. The smallest absolute Gasteiger partial charge is 0.416 e. The Morgan fingerprint density at radius 1 is 1.22 bits per heavy atom. The molecule has 2 N–H and O–H groups in total. The average molecular weight is 319 g/mol.